The van der Waals surface area contributed by atoms with E-state index < -0.39 is 5.91 Å². The number of thiazole rings is 1. The van der Waals surface area contributed by atoms with Gasteiger partial charge in [-0.25, -0.2) is 15.4 Å². The Bertz CT molecular complexity index is 1230. The van der Waals surface area contributed by atoms with Crippen LogP contribution in [0.5, 0.6) is 5.75 Å². The molecule has 2 aromatic carbocycles. The van der Waals surface area contributed by atoms with Crippen LogP contribution >= 0.6 is 11.3 Å². The molecule has 0 radical (unpaired) electrons. The lowest BCUT2D eigenvalue weighted by atomic mass is 10.1. The van der Waals surface area contributed by atoms with Crippen LogP contribution in [0.1, 0.15) is 27.3 Å². The van der Waals surface area contributed by atoms with Gasteiger partial charge in [-0.3, -0.25) is 4.79 Å². The van der Waals surface area contributed by atoms with Crippen molar-refractivity contribution < 1.29 is 15.0 Å². The van der Waals surface area contributed by atoms with Crippen LogP contribution in [0.3, 0.4) is 0 Å². The van der Waals surface area contributed by atoms with E-state index in [1.165, 1.54) is 23.6 Å². The summed E-state index contributed by atoms with van der Waals surface area (Å²) in [4.78, 5) is 20.8. The number of nitrogens with one attached hydrogen (secondary N) is 1. The highest BCUT2D eigenvalue weighted by Crippen LogP contribution is 2.37. The van der Waals surface area contributed by atoms with Crippen LogP contribution in [-0.2, 0) is 6.61 Å². The van der Waals surface area contributed by atoms with Crippen molar-refractivity contribution in [2.75, 3.05) is 0 Å². The first-order valence-electron chi connectivity index (χ1n) is 9.15. The molecular weight excluding hydrogens is 400 g/mol. The van der Waals surface area contributed by atoms with Crippen LogP contribution in [0.4, 0.5) is 0 Å². The number of aromatic hydroxyl groups is 1. The van der Waals surface area contributed by atoms with Gasteiger partial charge in [0.1, 0.15) is 16.5 Å². The number of hydrogen-bond donors (Lipinski definition) is 3. The number of carbonyl (C=O) groups is 1. The minimum Gasteiger partial charge on any atom is -0.507 e. The van der Waals surface area contributed by atoms with Crippen LogP contribution in [-0.4, -0.2) is 32.3 Å². The largest absolute Gasteiger partial charge is 0.507 e. The van der Waals surface area contributed by atoms with Crippen molar-refractivity contribution >= 4 is 33.7 Å². The monoisotopic (exact) mass is 418 g/mol. The second kappa shape index (κ2) is 8.40. The summed E-state index contributed by atoms with van der Waals surface area (Å²) < 4.78 is 1.04. The highest BCUT2D eigenvalue weighted by Gasteiger charge is 2.14. The summed E-state index contributed by atoms with van der Waals surface area (Å²) in [5.74, 6) is -0.474. The zero-order valence-electron chi connectivity index (χ0n) is 16.0. The van der Waals surface area contributed by atoms with Gasteiger partial charge in [0.2, 0.25) is 0 Å². The Morgan fingerprint density at radius 1 is 1.17 bits per heavy atom. The quantitative estimate of drug-likeness (QED) is 0.339. The van der Waals surface area contributed by atoms with Gasteiger partial charge in [0.15, 0.2) is 0 Å². The molecular formula is C22H18N4O3S. The van der Waals surface area contributed by atoms with E-state index in [0.717, 1.165) is 15.8 Å². The van der Waals surface area contributed by atoms with Crippen LogP contribution in [0, 0.1) is 6.92 Å². The number of aryl methyl sites for hydroxylation is 1. The molecule has 0 aliphatic heterocycles. The second-order valence-electron chi connectivity index (χ2n) is 6.61. The van der Waals surface area contributed by atoms with Crippen LogP contribution in [0.2, 0.25) is 0 Å². The third-order valence-electron chi connectivity index (χ3n) is 4.38. The molecule has 4 rings (SSSR count). The lowest BCUT2D eigenvalue weighted by Crippen LogP contribution is -2.19. The fraction of sp³-hybridized carbons (Fsp3) is 0.0909. The van der Waals surface area contributed by atoms with Crippen molar-refractivity contribution in [1.29, 1.82) is 0 Å². The molecule has 7 nitrogen and oxygen atoms in total. The van der Waals surface area contributed by atoms with Gasteiger partial charge < -0.3 is 10.2 Å². The number of phenols is 1. The van der Waals surface area contributed by atoms with E-state index in [1.54, 1.807) is 18.2 Å². The molecule has 2 heterocycles. The Morgan fingerprint density at radius 2 is 2.00 bits per heavy atom. The number of benzene rings is 2. The van der Waals surface area contributed by atoms with Gasteiger partial charge in [0.25, 0.3) is 5.91 Å². The Balaban J connectivity index is 1.59. The minimum absolute atomic E-state index is 0.0399. The molecule has 0 spiro atoms. The Morgan fingerprint density at radius 3 is 2.80 bits per heavy atom. The van der Waals surface area contributed by atoms with Crippen molar-refractivity contribution in [3.05, 3.63) is 77.1 Å². The highest BCUT2D eigenvalue weighted by atomic mass is 32.1. The van der Waals surface area contributed by atoms with Crippen molar-refractivity contribution in [3.8, 4) is 16.3 Å². The second-order valence-corrected chi connectivity index (χ2v) is 7.64. The minimum atomic E-state index is -0.514. The Labute approximate surface area is 176 Å². The number of para-hydroxylation sites is 1. The highest BCUT2D eigenvalue weighted by molar-refractivity contribution is 7.21. The number of carbonyl (C=O) groups excluding carboxylic acids is 1. The molecule has 0 fully saturated rings. The number of hydrogen-bond acceptors (Lipinski definition) is 7. The molecule has 30 heavy (non-hydrogen) atoms. The summed E-state index contributed by atoms with van der Waals surface area (Å²) in [5, 5.41) is 24.6. The predicted octanol–water partition coefficient (Wildman–Crippen LogP) is 3.63. The van der Waals surface area contributed by atoms with E-state index in [4.69, 9.17) is 5.11 Å². The van der Waals surface area contributed by atoms with E-state index >= 15 is 0 Å². The molecule has 0 atom stereocenters. The van der Waals surface area contributed by atoms with E-state index in [9.17, 15) is 9.90 Å². The third kappa shape index (κ3) is 4.05. The third-order valence-corrected chi connectivity index (χ3v) is 5.45. The summed E-state index contributed by atoms with van der Waals surface area (Å²) >= 11 is 1.50. The maximum absolute atomic E-state index is 12.2. The molecule has 0 saturated carbocycles. The molecule has 1 amide bonds. The standard InChI is InChI=1S/C22H18N4O3S/c1-13-9-14(11-23-26-21(29)18-7-4-5-15(12-27)24-18)20(28)16(10-13)22-25-17-6-2-3-8-19(17)30-22/h2-11,27-28H,12H2,1H3,(H,26,29)/b23-11+. The molecule has 150 valence electrons. The maximum Gasteiger partial charge on any atom is 0.289 e. The molecule has 0 bridgehead atoms. The summed E-state index contributed by atoms with van der Waals surface area (Å²) in [5.41, 5.74) is 5.79. The van der Waals surface area contributed by atoms with Gasteiger partial charge in [0.05, 0.1) is 34.3 Å². The summed E-state index contributed by atoms with van der Waals surface area (Å²) in [6, 6.07) is 16.2. The zero-order chi connectivity index (χ0) is 21.1. The number of aromatic nitrogens is 2. The number of rotatable bonds is 5. The van der Waals surface area contributed by atoms with Crippen molar-refractivity contribution in [3.63, 3.8) is 0 Å². The first kappa shape index (κ1) is 19.7. The molecule has 0 aliphatic carbocycles. The van der Waals surface area contributed by atoms with Crippen molar-refractivity contribution in [1.82, 2.24) is 15.4 Å². The number of aliphatic hydroxyl groups excluding tert-OH is 1. The summed E-state index contributed by atoms with van der Waals surface area (Å²) in [6.45, 7) is 1.66. The molecule has 3 N–H and O–H groups in total. The van der Waals surface area contributed by atoms with Gasteiger partial charge in [-0.2, -0.15) is 5.10 Å². The number of pyridine rings is 1. The Hall–Kier alpha value is -3.62. The van der Waals surface area contributed by atoms with E-state index in [1.807, 2.05) is 37.3 Å². The zero-order valence-corrected chi connectivity index (χ0v) is 16.8. The normalized spacial score (nSPS) is 11.3. The van der Waals surface area contributed by atoms with Gasteiger partial charge in [-0.1, -0.05) is 18.2 Å². The summed E-state index contributed by atoms with van der Waals surface area (Å²) in [7, 11) is 0. The molecule has 2 aromatic heterocycles. The average molecular weight is 418 g/mol. The van der Waals surface area contributed by atoms with Crippen molar-refractivity contribution in [2.45, 2.75) is 13.5 Å². The van der Waals surface area contributed by atoms with Gasteiger partial charge >= 0.3 is 0 Å². The summed E-state index contributed by atoms with van der Waals surface area (Å²) in [6.07, 6.45) is 1.38. The smallest absolute Gasteiger partial charge is 0.289 e. The molecule has 0 aliphatic rings. The van der Waals surface area contributed by atoms with Crippen molar-refractivity contribution in [2.24, 2.45) is 5.10 Å². The van der Waals surface area contributed by atoms with Crippen LogP contribution in [0.25, 0.3) is 20.8 Å². The van der Waals surface area contributed by atoms with E-state index in [0.29, 0.717) is 21.8 Å². The number of fused-ring (bicyclic) bond motifs is 1. The first-order valence-corrected chi connectivity index (χ1v) is 9.96. The van der Waals surface area contributed by atoms with Gasteiger partial charge in [-0.05, 0) is 48.9 Å². The number of hydrazone groups is 1. The van der Waals surface area contributed by atoms with Gasteiger partial charge in [-0.15, -0.1) is 11.3 Å². The predicted molar refractivity (Wildman–Crippen MR) is 117 cm³/mol. The number of amides is 1. The van der Waals surface area contributed by atoms with Crippen LogP contribution < -0.4 is 5.43 Å². The fourth-order valence-corrected chi connectivity index (χ4v) is 3.95. The first-order chi connectivity index (χ1) is 14.5. The number of nitrogens with zero attached hydrogens (tertiary/aromatic N) is 3. The number of aliphatic hydroxyl groups is 1. The Kier molecular flexibility index (Phi) is 5.51. The maximum atomic E-state index is 12.2. The fourth-order valence-electron chi connectivity index (χ4n) is 2.97. The number of phenolic OH excluding ortho intramolecular Hbond substituents is 1. The topological polar surface area (TPSA) is 108 Å². The van der Waals surface area contributed by atoms with Gasteiger partial charge in [0, 0.05) is 5.56 Å². The van der Waals surface area contributed by atoms with E-state index in [2.05, 4.69) is 20.5 Å². The lowest BCUT2D eigenvalue weighted by molar-refractivity contribution is 0.0949. The molecule has 4 aromatic rings. The van der Waals surface area contributed by atoms with Crippen LogP contribution in [0.15, 0.2) is 59.7 Å². The molecule has 8 heteroatoms. The SMILES string of the molecule is Cc1cc(/C=N/NC(=O)c2cccc(CO)n2)c(O)c(-c2nc3ccccc3s2)c1. The van der Waals surface area contributed by atoms with E-state index in [-0.39, 0.29) is 18.1 Å². The molecule has 0 saturated heterocycles. The molecule has 0 unspecified atom stereocenters. The average Bonchev–Trinajstić information content (AvgIpc) is 3.19. The lowest BCUT2D eigenvalue weighted by Gasteiger charge is -2.07.